The van der Waals surface area contributed by atoms with Crippen LogP contribution in [-0.4, -0.2) is 16.0 Å². The van der Waals surface area contributed by atoms with Crippen LogP contribution in [0.15, 0.2) is 18.2 Å². The summed E-state index contributed by atoms with van der Waals surface area (Å²) in [6, 6.07) is 0.955. The zero-order chi connectivity index (χ0) is 16.0. The minimum atomic E-state index is -4.96. The summed E-state index contributed by atoms with van der Waals surface area (Å²) in [7, 11) is 0. The Morgan fingerprint density at radius 2 is 1.48 bits per heavy atom. The summed E-state index contributed by atoms with van der Waals surface area (Å²) in [5.41, 5.74) is -3.50. The van der Waals surface area contributed by atoms with Crippen molar-refractivity contribution in [3.8, 4) is 0 Å². The highest BCUT2D eigenvalue weighted by Gasteiger charge is 2.39. The van der Waals surface area contributed by atoms with Crippen LogP contribution in [0, 0.1) is 0 Å². The zero-order valence-corrected chi connectivity index (χ0v) is 11.5. The van der Waals surface area contributed by atoms with Crippen molar-refractivity contribution in [2.45, 2.75) is 12.4 Å². The van der Waals surface area contributed by atoms with Gasteiger partial charge in [0.1, 0.15) is 4.32 Å². The minimum Gasteiger partial charge on any atom is -0.273 e. The number of alkyl halides is 6. The number of carbonyl (C=O) groups is 1. The maximum atomic E-state index is 12.7. The first-order valence-electron chi connectivity index (χ1n) is 5.29. The van der Waals surface area contributed by atoms with Crippen molar-refractivity contribution in [3.63, 3.8) is 0 Å². The number of amides is 1. The SMILES string of the molecule is O=C1CSC(=S)N1c1cc(C(F)(F)F)cc(C(F)(F)F)c1. The average molecular weight is 345 g/mol. The number of rotatable bonds is 1. The molecule has 1 fully saturated rings. The van der Waals surface area contributed by atoms with Crippen molar-refractivity contribution in [2.75, 3.05) is 10.7 Å². The highest BCUT2D eigenvalue weighted by molar-refractivity contribution is 8.24. The summed E-state index contributed by atoms with van der Waals surface area (Å²) < 4.78 is 76.2. The molecule has 21 heavy (non-hydrogen) atoms. The molecule has 0 atom stereocenters. The lowest BCUT2D eigenvalue weighted by Crippen LogP contribution is -2.28. The topological polar surface area (TPSA) is 20.3 Å². The second-order valence-corrected chi connectivity index (χ2v) is 5.66. The first-order chi connectivity index (χ1) is 9.50. The van der Waals surface area contributed by atoms with Gasteiger partial charge in [0.15, 0.2) is 0 Å². The quantitative estimate of drug-likeness (QED) is 0.565. The van der Waals surface area contributed by atoms with Gasteiger partial charge >= 0.3 is 12.4 Å². The molecule has 0 spiro atoms. The third-order valence-electron chi connectivity index (χ3n) is 2.58. The van der Waals surface area contributed by atoms with Crippen molar-refractivity contribution in [1.82, 2.24) is 0 Å². The minimum absolute atomic E-state index is 0.000236. The number of halogens is 6. The maximum Gasteiger partial charge on any atom is 0.416 e. The Hall–Kier alpha value is -1.29. The van der Waals surface area contributed by atoms with Gasteiger partial charge in [-0.2, -0.15) is 26.3 Å². The molecule has 1 aromatic rings. The smallest absolute Gasteiger partial charge is 0.273 e. The lowest BCUT2D eigenvalue weighted by molar-refractivity contribution is -0.143. The number of hydrogen-bond donors (Lipinski definition) is 0. The van der Waals surface area contributed by atoms with E-state index in [9.17, 15) is 31.1 Å². The van der Waals surface area contributed by atoms with E-state index in [4.69, 9.17) is 12.2 Å². The normalized spacial score (nSPS) is 16.8. The largest absolute Gasteiger partial charge is 0.416 e. The number of anilines is 1. The van der Waals surface area contributed by atoms with Crippen LogP contribution >= 0.6 is 24.0 Å². The third-order valence-corrected chi connectivity index (χ3v) is 3.94. The molecule has 0 radical (unpaired) electrons. The fourth-order valence-electron chi connectivity index (χ4n) is 1.67. The summed E-state index contributed by atoms with van der Waals surface area (Å²) in [6.07, 6.45) is -9.93. The molecule has 0 aliphatic carbocycles. The first kappa shape index (κ1) is 16.1. The molecular weight excluding hydrogens is 340 g/mol. The van der Waals surface area contributed by atoms with Crippen molar-refractivity contribution in [1.29, 1.82) is 0 Å². The van der Waals surface area contributed by atoms with Gasteiger partial charge in [0.25, 0.3) is 0 Å². The van der Waals surface area contributed by atoms with Gasteiger partial charge in [0.2, 0.25) is 5.91 Å². The first-order valence-corrected chi connectivity index (χ1v) is 6.69. The fourth-order valence-corrected chi connectivity index (χ4v) is 2.77. The van der Waals surface area contributed by atoms with Crippen LogP contribution in [0.1, 0.15) is 11.1 Å². The van der Waals surface area contributed by atoms with Gasteiger partial charge in [0, 0.05) is 0 Å². The number of nitrogens with zero attached hydrogens (tertiary/aromatic N) is 1. The van der Waals surface area contributed by atoms with E-state index in [1.54, 1.807) is 0 Å². The number of benzene rings is 1. The Labute approximate surface area is 124 Å². The zero-order valence-electron chi connectivity index (χ0n) is 9.88. The van der Waals surface area contributed by atoms with Crippen LogP contribution in [0.5, 0.6) is 0 Å². The molecule has 114 valence electrons. The maximum absolute atomic E-state index is 12.7. The second-order valence-electron chi connectivity index (χ2n) is 4.05. The summed E-state index contributed by atoms with van der Waals surface area (Å²) in [4.78, 5) is 12.2. The van der Waals surface area contributed by atoms with Gasteiger partial charge < -0.3 is 0 Å². The number of thioether (sulfide) groups is 1. The second kappa shape index (κ2) is 5.16. The molecule has 0 unspecified atom stereocenters. The molecule has 0 saturated carbocycles. The van der Waals surface area contributed by atoms with E-state index in [2.05, 4.69) is 0 Å². The van der Waals surface area contributed by atoms with Crippen LogP contribution in [0.2, 0.25) is 0 Å². The Kier molecular flexibility index (Phi) is 3.96. The Balaban J connectivity index is 2.61. The molecule has 2 nitrogen and oxygen atoms in total. The Morgan fingerprint density at radius 1 is 1.00 bits per heavy atom. The van der Waals surface area contributed by atoms with E-state index in [1.165, 1.54) is 0 Å². The van der Waals surface area contributed by atoms with Crippen LogP contribution in [0.3, 0.4) is 0 Å². The summed E-state index contributed by atoms with van der Waals surface area (Å²) >= 11 is 5.66. The van der Waals surface area contributed by atoms with Crippen molar-refractivity contribution in [2.24, 2.45) is 0 Å². The van der Waals surface area contributed by atoms with E-state index in [0.717, 1.165) is 11.8 Å². The standard InChI is InChI=1S/C11H5F6NOS2/c12-10(13,14)5-1-6(11(15,16)17)3-7(2-5)18-8(19)4-21-9(18)20/h1-3H,4H2. The molecule has 2 rings (SSSR count). The van der Waals surface area contributed by atoms with Crippen molar-refractivity contribution in [3.05, 3.63) is 29.3 Å². The van der Waals surface area contributed by atoms with Crippen molar-refractivity contribution >= 4 is 39.9 Å². The van der Waals surface area contributed by atoms with Crippen LogP contribution in [-0.2, 0) is 17.1 Å². The van der Waals surface area contributed by atoms with Crippen LogP contribution in [0.25, 0.3) is 0 Å². The Morgan fingerprint density at radius 3 is 1.81 bits per heavy atom. The van der Waals surface area contributed by atoms with Crippen molar-refractivity contribution < 1.29 is 31.1 Å². The molecule has 0 N–H and O–H groups in total. The molecular formula is C11H5F6NOS2. The van der Waals surface area contributed by atoms with E-state index >= 15 is 0 Å². The summed E-state index contributed by atoms with van der Waals surface area (Å²) in [6.45, 7) is 0. The lowest BCUT2D eigenvalue weighted by atomic mass is 10.1. The number of carbonyl (C=O) groups excluding carboxylic acids is 1. The molecule has 1 amide bonds. The van der Waals surface area contributed by atoms with Gasteiger partial charge in [-0.05, 0) is 18.2 Å². The van der Waals surface area contributed by atoms with Crippen LogP contribution < -0.4 is 4.90 Å². The number of thiocarbonyl (C=S) groups is 1. The van der Waals surface area contributed by atoms with Gasteiger partial charge in [0.05, 0.1) is 22.6 Å². The van der Waals surface area contributed by atoms with Crippen LogP contribution in [0.4, 0.5) is 32.0 Å². The highest BCUT2D eigenvalue weighted by Crippen LogP contribution is 2.39. The molecule has 10 heteroatoms. The summed E-state index contributed by atoms with van der Waals surface area (Å²) in [5, 5.41) is 0. The molecule has 1 aliphatic rings. The average Bonchev–Trinajstić information content (AvgIpc) is 2.66. The predicted molar refractivity (Wildman–Crippen MR) is 69.0 cm³/mol. The molecule has 1 saturated heterocycles. The van der Waals surface area contributed by atoms with Gasteiger partial charge in [-0.3, -0.25) is 9.69 Å². The van der Waals surface area contributed by atoms with E-state index < -0.39 is 35.1 Å². The van der Waals surface area contributed by atoms with Gasteiger partial charge in [-0.15, -0.1) is 0 Å². The molecule has 1 heterocycles. The van der Waals surface area contributed by atoms with E-state index in [-0.39, 0.29) is 16.1 Å². The number of hydrogen-bond acceptors (Lipinski definition) is 3. The predicted octanol–water partition coefficient (Wildman–Crippen LogP) is 4.09. The van der Waals surface area contributed by atoms with Gasteiger partial charge in [-0.1, -0.05) is 24.0 Å². The highest BCUT2D eigenvalue weighted by atomic mass is 32.2. The molecule has 1 aromatic carbocycles. The molecule has 1 aliphatic heterocycles. The third kappa shape index (κ3) is 3.31. The molecule has 0 bridgehead atoms. The lowest BCUT2D eigenvalue weighted by Gasteiger charge is -2.19. The monoisotopic (exact) mass is 345 g/mol. The van der Waals surface area contributed by atoms with E-state index in [1.807, 2.05) is 0 Å². The summed E-state index contributed by atoms with van der Waals surface area (Å²) in [5.74, 6) is -0.770. The van der Waals surface area contributed by atoms with Gasteiger partial charge in [-0.25, -0.2) is 0 Å². The Bertz CT molecular complexity index is 561. The molecule has 0 aromatic heterocycles. The van der Waals surface area contributed by atoms with E-state index in [0.29, 0.717) is 17.0 Å². The fraction of sp³-hybridized carbons (Fsp3) is 0.273.